The molecule has 2 heteroatoms. The fourth-order valence-electron chi connectivity index (χ4n) is 4.33. The summed E-state index contributed by atoms with van der Waals surface area (Å²) in [6, 6.07) is 11.3. The van der Waals surface area contributed by atoms with Crippen molar-refractivity contribution in [2.24, 2.45) is 11.8 Å². The van der Waals surface area contributed by atoms with Gasteiger partial charge in [-0.15, -0.1) is 0 Å². The highest BCUT2D eigenvalue weighted by Crippen LogP contribution is 2.41. The second-order valence-corrected chi connectivity index (χ2v) is 7.97. The highest BCUT2D eigenvalue weighted by Gasteiger charge is 2.37. The molecule has 2 saturated carbocycles. The van der Waals surface area contributed by atoms with Gasteiger partial charge in [-0.1, -0.05) is 61.7 Å². The monoisotopic (exact) mass is 351 g/mol. The van der Waals surface area contributed by atoms with Gasteiger partial charge in [0.1, 0.15) is 0 Å². The van der Waals surface area contributed by atoms with Crippen LogP contribution in [0.3, 0.4) is 0 Å². The van der Waals surface area contributed by atoms with Crippen LogP contribution in [0.4, 0.5) is 0 Å². The second kappa shape index (κ2) is 9.34. The molecular formula is C24H33NO. The van der Waals surface area contributed by atoms with Crippen LogP contribution in [-0.2, 0) is 6.54 Å². The SMILES string of the molecule is C=C/C=C(\C=C)CN(Cc1ccccc1)C1CCC(C(O)C2CC2)CC1. The van der Waals surface area contributed by atoms with Gasteiger partial charge in [0.15, 0.2) is 0 Å². The number of aliphatic hydroxyl groups excluding tert-OH is 1. The zero-order valence-corrected chi connectivity index (χ0v) is 15.9. The Morgan fingerprint density at radius 2 is 1.65 bits per heavy atom. The Labute approximate surface area is 158 Å². The number of nitrogens with zero attached hydrogens (tertiary/aromatic N) is 1. The van der Waals surface area contributed by atoms with E-state index < -0.39 is 0 Å². The summed E-state index contributed by atoms with van der Waals surface area (Å²) in [5.41, 5.74) is 2.57. The highest BCUT2D eigenvalue weighted by molar-refractivity contribution is 5.23. The smallest absolute Gasteiger partial charge is 0.0596 e. The van der Waals surface area contributed by atoms with Gasteiger partial charge in [0.25, 0.3) is 0 Å². The quantitative estimate of drug-likeness (QED) is 0.624. The van der Waals surface area contributed by atoms with Gasteiger partial charge in [0.2, 0.25) is 0 Å². The summed E-state index contributed by atoms with van der Waals surface area (Å²) < 4.78 is 0. The molecule has 2 aliphatic carbocycles. The van der Waals surface area contributed by atoms with E-state index in [-0.39, 0.29) is 6.10 Å². The van der Waals surface area contributed by atoms with E-state index in [0.717, 1.165) is 25.9 Å². The van der Waals surface area contributed by atoms with Crippen LogP contribution in [0.15, 0.2) is 67.3 Å². The number of benzene rings is 1. The first-order chi connectivity index (χ1) is 12.7. The molecule has 3 rings (SSSR count). The van der Waals surface area contributed by atoms with Gasteiger partial charge in [-0.05, 0) is 61.5 Å². The molecule has 140 valence electrons. The molecule has 0 radical (unpaired) electrons. The number of hydrogen-bond acceptors (Lipinski definition) is 2. The van der Waals surface area contributed by atoms with Crippen molar-refractivity contribution in [3.63, 3.8) is 0 Å². The van der Waals surface area contributed by atoms with Crippen LogP contribution in [0.5, 0.6) is 0 Å². The molecule has 0 bridgehead atoms. The Morgan fingerprint density at radius 1 is 1.04 bits per heavy atom. The zero-order valence-electron chi connectivity index (χ0n) is 15.9. The van der Waals surface area contributed by atoms with Crippen molar-refractivity contribution in [2.45, 2.75) is 57.2 Å². The standard InChI is InChI=1S/C24H33NO/c1-3-8-19(4-2)17-25(18-20-9-6-5-7-10-20)23-15-13-22(14-16-23)24(26)21-11-12-21/h3-10,21-24,26H,1-2,11-18H2/b19-8+. The van der Waals surface area contributed by atoms with Crippen molar-refractivity contribution in [1.29, 1.82) is 0 Å². The van der Waals surface area contributed by atoms with Crippen molar-refractivity contribution in [2.75, 3.05) is 6.54 Å². The molecule has 0 spiro atoms. The molecule has 1 aromatic carbocycles. The van der Waals surface area contributed by atoms with Gasteiger partial charge in [-0.2, -0.15) is 0 Å². The van der Waals surface area contributed by atoms with Crippen molar-refractivity contribution >= 4 is 0 Å². The number of allylic oxidation sites excluding steroid dienone is 2. The lowest BCUT2D eigenvalue weighted by atomic mass is 9.80. The molecule has 0 aromatic heterocycles. The average molecular weight is 352 g/mol. The van der Waals surface area contributed by atoms with E-state index in [2.05, 4.69) is 54.5 Å². The van der Waals surface area contributed by atoms with Crippen LogP contribution in [0.2, 0.25) is 0 Å². The third kappa shape index (κ3) is 5.18. The minimum Gasteiger partial charge on any atom is -0.393 e. The van der Waals surface area contributed by atoms with E-state index in [1.54, 1.807) is 0 Å². The Balaban J connectivity index is 1.65. The molecule has 1 aromatic rings. The maximum absolute atomic E-state index is 10.5. The molecule has 0 heterocycles. The van der Waals surface area contributed by atoms with Crippen LogP contribution in [0.25, 0.3) is 0 Å². The molecule has 2 nitrogen and oxygen atoms in total. The van der Waals surface area contributed by atoms with Gasteiger partial charge in [-0.3, -0.25) is 4.90 Å². The molecule has 0 amide bonds. The van der Waals surface area contributed by atoms with Gasteiger partial charge in [0, 0.05) is 19.1 Å². The molecule has 1 atom stereocenters. The van der Waals surface area contributed by atoms with E-state index in [9.17, 15) is 5.11 Å². The summed E-state index contributed by atoms with van der Waals surface area (Å²) in [7, 11) is 0. The first-order valence-corrected chi connectivity index (χ1v) is 10.1. The molecule has 26 heavy (non-hydrogen) atoms. The van der Waals surface area contributed by atoms with Crippen LogP contribution in [0, 0.1) is 11.8 Å². The number of rotatable bonds is 9. The first-order valence-electron chi connectivity index (χ1n) is 10.1. The predicted octanol–water partition coefficient (Wildman–Crippen LogP) is 5.12. The molecule has 2 fully saturated rings. The van der Waals surface area contributed by atoms with E-state index in [4.69, 9.17) is 0 Å². The van der Waals surface area contributed by atoms with Crippen LogP contribution >= 0.6 is 0 Å². The normalized spacial score (nSPS) is 25.1. The van der Waals surface area contributed by atoms with Gasteiger partial charge in [-0.25, -0.2) is 0 Å². The minimum atomic E-state index is -0.0529. The van der Waals surface area contributed by atoms with E-state index >= 15 is 0 Å². The van der Waals surface area contributed by atoms with Crippen LogP contribution in [-0.4, -0.2) is 28.7 Å². The predicted molar refractivity (Wildman–Crippen MR) is 110 cm³/mol. The fourth-order valence-corrected chi connectivity index (χ4v) is 4.33. The summed E-state index contributed by atoms with van der Waals surface area (Å²) in [6.45, 7) is 9.67. The summed E-state index contributed by atoms with van der Waals surface area (Å²) in [5, 5.41) is 10.5. The Bertz CT molecular complexity index is 608. The first kappa shape index (κ1) is 19.1. The maximum atomic E-state index is 10.5. The van der Waals surface area contributed by atoms with Crippen molar-refractivity contribution in [1.82, 2.24) is 4.90 Å². The second-order valence-electron chi connectivity index (χ2n) is 7.97. The van der Waals surface area contributed by atoms with E-state index in [0.29, 0.717) is 17.9 Å². The summed E-state index contributed by atoms with van der Waals surface area (Å²) in [6.07, 6.45) is 12.9. The highest BCUT2D eigenvalue weighted by atomic mass is 16.3. The Morgan fingerprint density at radius 3 is 2.19 bits per heavy atom. The summed E-state index contributed by atoms with van der Waals surface area (Å²) in [5.74, 6) is 1.11. The molecule has 0 aliphatic heterocycles. The van der Waals surface area contributed by atoms with Crippen molar-refractivity contribution in [3.05, 3.63) is 72.9 Å². The maximum Gasteiger partial charge on any atom is 0.0596 e. The van der Waals surface area contributed by atoms with Gasteiger partial charge in [0.05, 0.1) is 6.10 Å². The topological polar surface area (TPSA) is 23.5 Å². The van der Waals surface area contributed by atoms with Crippen molar-refractivity contribution < 1.29 is 5.11 Å². The zero-order chi connectivity index (χ0) is 18.4. The van der Waals surface area contributed by atoms with E-state index in [1.807, 2.05) is 12.2 Å². The van der Waals surface area contributed by atoms with E-state index in [1.165, 1.54) is 36.8 Å². The third-order valence-electron chi connectivity index (χ3n) is 6.05. The molecule has 2 aliphatic rings. The molecule has 1 unspecified atom stereocenters. The summed E-state index contributed by atoms with van der Waals surface area (Å²) >= 11 is 0. The molecular weight excluding hydrogens is 318 g/mol. The lowest BCUT2D eigenvalue weighted by Crippen LogP contribution is -2.40. The van der Waals surface area contributed by atoms with Gasteiger partial charge < -0.3 is 5.11 Å². The molecule has 1 N–H and O–H groups in total. The number of aliphatic hydroxyl groups is 1. The van der Waals surface area contributed by atoms with Crippen molar-refractivity contribution in [3.8, 4) is 0 Å². The van der Waals surface area contributed by atoms with Crippen LogP contribution < -0.4 is 0 Å². The molecule has 0 saturated heterocycles. The lowest BCUT2D eigenvalue weighted by Gasteiger charge is -2.38. The Hall–Kier alpha value is -1.64. The largest absolute Gasteiger partial charge is 0.393 e. The van der Waals surface area contributed by atoms with Crippen LogP contribution in [0.1, 0.15) is 44.1 Å². The Kier molecular flexibility index (Phi) is 6.87. The third-order valence-corrected chi connectivity index (χ3v) is 6.05. The summed E-state index contributed by atoms with van der Waals surface area (Å²) in [4.78, 5) is 2.59. The van der Waals surface area contributed by atoms with Gasteiger partial charge >= 0.3 is 0 Å². The number of hydrogen-bond donors (Lipinski definition) is 1. The lowest BCUT2D eigenvalue weighted by molar-refractivity contribution is 0.0425. The minimum absolute atomic E-state index is 0.0529. The average Bonchev–Trinajstić information content (AvgIpc) is 3.52. The fraction of sp³-hybridized carbons (Fsp3) is 0.500.